The van der Waals surface area contributed by atoms with Crippen LogP contribution in [0, 0.1) is 0 Å². The van der Waals surface area contributed by atoms with Crippen molar-refractivity contribution in [3.63, 3.8) is 0 Å². The summed E-state index contributed by atoms with van der Waals surface area (Å²) in [5.41, 5.74) is 0.433. The molecule has 76 valence electrons. The first-order valence-electron chi connectivity index (χ1n) is 4.92. The number of rotatable bonds is 1. The Hall–Kier alpha value is -0.790. The van der Waals surface area contributed by atoms with Gasteiger partial charge in [-0.1, -0.05) is 45.1 Å². The predicted molar refractivity (Wildman–Crippen MR) is 54.5 cm³/mol. The zero-order valence-corrected chi connectivity index (χ0v) is 8.77. The molecule has 13 heavy (non-hydrogen) atoms. The van der Waals surface area contributed by atoms with Crippen molar-refractivity contribution in [1.29, 1.82) is 0 Å². The summed E-state index contributed by atoms with van der Waals surface area (Å²) in [6, 6.07) is 0. The van der Waals surface area contributed by atoms with Gasteiger partial charge in [-0.15, -0.1) is 0 Å². The summed E-state index contributed by atoms with van der Waals surface area (Å²) >= 11 is 0. The lowest BCUT2D eigenvalue weighted by molar-refractivity contribution is -0.136. The monoisotopic (exact) mass is 184 g/mol. The minimum absolute atomic E-state index is 0.347. The second kappa shape index (κ2) is 7.84. The molecule has 0 radical (unpaired) electrons. The third-order valence-corrected chi connectivity index (χ3v) is 2.03. The van der Waals surface area contributed by atoms with Crippen LogP contribution in [0.15, 0.2) is 12.2 Å². The second-order valence-corrected chi connectivity index (χ2v) is 3.39. The third-order valence-electron chi connectivity index (χ3n) is 2.03. The maximum absolute atomic E-state index is 10.2. The zero-order chi connectivity index (χ0) is 10.1. The molecule has 1 aliphatic rings. The fourth-order valence-corrected chi connectivity index (χ4v) is 1.23. The Labute approximate surface area is 81.0 Å². The number of hydrogen-bond acceptors (Lipinski definition) is 2. The standard InChI is InChI=1S/C6H12.C5H8O2/c1-2-4-6-5-3-1;1-4(2)5(6)7-3/h1-6H2;1H2,2-3H3. The first kappa shape index (κ1) is 12.2. The fraction of sp³-hybridized carbons (Fsp3) is 0.727. The molecule has 0 aromatic carbocycles. The van der Waals surface area contributed by atoms with E-state index in [0.29, 0.717) is 5.57 Å². The molecule has 1 fully saturated rings. The molecular formula is C11H20O2. The van der Waals surface area contributed by atoms with Crippen LogP contribution in [0.25, 0.3) is 0 Å². The maximum Gasteiger partial charge on any atom is 0.332 e. The maximum atomic E-state index is 10.2. The molecule has 1 rings (SSSR count). The highest BCUT2D eigenvalue weighted by atomic mass is 16.5. The number of hydrogen-bond donors (Lipinski definition) is 0. The highest BCUT2D eigenvalue weighted by Gasteiger charge is 1.96. The van der Waals surface area contributed by atoms with E-state index in [2.05, 4.69) is 11.3 Å². The van der Waals surface area contributed by atoms with Gasteiger partial charge in [-0.2, -0.15) is 0 Å². The van der Waals surface area contributed by atoms with Gasteiger partial charge in [0.25, 0.3) is 0 Å². The molecule has 2 nitrogen and oxygen atoms in total. The molecule has 0 aromatic rings. The summed E-state index contributed by atoms with van der Waals surface area (Å²) < 4.78 is 4.27. The van der Waals surface area contributed by atoms with E-state index in [1.165, 1.54) is 45.6 Å². The zero-order valence-electron chi connectivity index (χ0n) is 8.77. The fourth-order valence-electron chi connectivity index (χ4n) is 1.23. The molecule has 0 N–H and O–H groups in total. The minimum atomic E-state index is -0.347. The Morgan fingerprint density at radius 2 is 1.38 bits per heavy atom. The van der Waals surface area contributed by atoms with Crippen LogP contribution in [0.1, 0.15) is 45.4 Å². The van der Waals surface area contributed by atoms with Crippen molar-refractivity contribution in [1.82, 2.24) is 0 Å². The second-order valence-electron chi connectivity index (χ2n) is 3.39. The normalized spacial score (nSPS) is 15.2. The topological polar surface area (TPSA) is 26.3 Å². The summed E-state index contributed by atoms with van der Waals surface area (Å²) in [5.74, 6) is -0.347. The van der Waals surface area contributed by atoms with Crippen LogP contribution in [-0.4, -0.2) is 13.1 Å². The van der Waals surface area contributed by atoms with Crippen molar-refractivity contribution in [2.24, 2.45) is 0 Å². The van der Waals surface area contributed by atoms with Gasteiger partial charge in [0.2, 0.25) is 0 Å². The Balaban J connectivity index is 0.000000223. The van der Waals surface area contributed by atoms with E-state index >= 15 is 0 Å². The number of ether oxygens (including phenoxy) is 1. The third kappa shape index (κ3) is 7.57. The molecule has 1 aliphatic carbocycles. The van der Waals surface area contributed by atoms with E-state index in [1.807, 2.05) is 0 Å². The lowest BCUT2D eigenvalue weighted by Crippen LogP contribution is -1.98. The summed E-state index contributed by atoms with van der Waals surface area (Å²) in [4.78, 5) is 10.2. The molecule has 0 saturated heterocycles. The molecule has 0 unspecified atom stereocenters. The Morgan fingerprint density at radius 1 is 1.08 bits per heavy atom. The average Bonchev–Trinajstić information content (AvgIpc) is 2.20. The van der Waals surface area contributed by atoms with Crippen molar-refractivity contribution in [2.75, 3.05) is 7.11 Å². The highest BCUT2D eigenvalue weighted by Crippen LogP contribution is 2.15. The van der Waals surface area contributed by atoms with E-state index in [9.17, 15) is 4.79 Å². The van der Waals surface area contributed by atoms with Crippen LogP contribution < -0.4 is 0 Å². The molecule has 0 heterocycles. The van der Waals surface area contributed by atoms with Crippen molar-refractivity contribution >= 4 is 5.97 Å². The minimum Gasteiger partial charge on any atom is -0.466 e. The number of carbonyl (C=O) groups is 1. The Bertz CT molecular complexity index is 146. The molecule has 2 heteroatoms. The Kier molecular flexibility index (Phi) is 7.36. The first-order chi connectivity index (χ1) is 6.18. The van der Waals surface area contributed by atoms with E-state index < -0.39 is 0 Å². The molecule has 0 spiro atoms. The van der Waals surface area contributed by atoms with Crippen LogP contribution in [0.3, 0.4) is 0 Å². The smallest absolute Gasteiger partial charge is 0.332 e. The van der Waals surface area contributed by atoms with Crippen LogP contribution in [0.5, 0.6) is 0 Å². The van der Waals surface area contributed by atoms with Gasteiger partial charge in [-0.25, -0.2) is 4.79 Å². The summed E-state index contributed by atoms with van der Waals surface area (Å²) in [6.45, 7) is 4.95. The van der Waals surface area contributed by atoms with Gasteiger partial charge in [0.15, 0.2) is 0 Å². The van der Waals surface area contributed by atoms with Crippen LogP contribution in [0.2, 0.25) is 0 Å². The molecule has 0 aliphatic heterocycles. The van der Waals surface area contributed by atoms with Gasteiger partial charge in [-0.05, 0) is 6.92 Å². The molecule has 0 atom stereocenters. The molecule has 0 aromatic heterocycles. The molecule has 0 amide bonds. The van der Waals surface area contributed by atoms with Crippen molar-refractivity contribution in [2.45, 2.75) is 45.4 Å². The van der Waals surface area contributed by atoms with Crippen molar-refractivity contribution in [3.05, 3.63) is 12.2 Å². The quantitative estimate of drug-likeness (QED) is 0.462. The number of methoxy groups -OCH3 is 1. The SMILES string of the molecule is C1CCCCC1.C=C(C)C(=O)OC. The summed E-state index contributed by atoms with van der Waals surface area (Å²) in [5, 5.41) is 0. The van der Waals surface area contributed by atoms with Gasteiger partial charge in [0.1, 0.15) is 0 Å². The lowest BCUT2D eigenvalue weighted by Gasteiger charge is -2.05. The van der Waals surface area contributed by atoms with Gasteiger partial charge in [0, 0.05) is 5.57 Å². The molecule has 0 bridgehead atoms. The lowest BCUT2D eigenvalue weighted by atomic mass is 10.0. The summed E-state index contributed by atoms with van der Waals surface area (Å²) in [6.07, 6.45) is 9.00. The molecular weight excluding hydrogens is 164 g/mol. The van der Waals surface area contributed by atoms with E-state index in [-0.39, 0.29) is 5.97 Å². The number of carbonyl (C=O) groups excluding carboxylic acids is 1. The van der Waals surface area contributed by atoms with Crippen molar-refractivity contribution < 1.29 is 9.53 Å². The van der Waals surface area contributed by atoms with Crippen LogP contribution in [-0.2, 0) is 9.53 Å². The summed E-state index contributed by atoms with van der Waals surface area (Å²) in [7, 11) is 1.33. The number of esters is 1. The van der Waals surface area contributed by atoms with E-state index in [0.717, 1.165) is 0 Å². The van der Waals surface area contributed by atoms with Gasteiger partial charge >= 0.3 is 5.97 Å². The first-order valence-corrected chi connectivity index (χ1v) is 4.92. The average molecular weight is 184 g/mol. The molecule has 1 saturated carbocycles. The Morgan fingerprint density at radius 3 is 1.46 bits per heavy atom. The van der Waals surface area contributed by atoms with Crippen molar-refractivity contribution in [3.8, 4) is 0 Å². The predicted octanol–water partition coefficient (Wildman–Crippen LogP) is 3.08. The van der Waals surface area contributed by atoms with E-state index in [1.54, 1.807) is 6.92 Å². The van der Waals surface area contributed by atoms with Crippen LogP contribution >= 0.6 is 0 Å². The van der Waals surface area contributed by atoms with Gasteiger partial charge in [0.05, 0.1) is 7.11 Å². The van der Waals surface area contributed by atoms with Crippen LogP contribution in [0.4, 0.5) is 0 Å². The van der Waals surface area contributed by atoms with Gasteiger partial charge < -0.3 is 4.74 Å². The van der Waals surface area contributed by atoms with Gasteiger partial charge in [-0.3, -0.25) is 0 Å². The van der Waals surface area contributed by atoms with E-state index in [4.69, 9.17) is 0 Å². The highest BCUT2D eigenvalue weighted by molar-refractivity contribution is 5.86. The largest absolute Gasteiger partial charge is 0.466 e.